The molecule has 2 aliphatic rings. The summed E-state index contributed by atoms with van der Waals surface area (Å²) in [7, 11) is 0. The van der Waals surface area contributed by atoms with Crippen molar-refractivity contribution in [1.82, 2.24) is 9.88 Å². The molecule has 7 nitrogen and oxygen atoms in total. The molecule has 186 valence electrons. The predicted octanol–water partition coefficient (Wildman–Crippen LogP) is 6.09. The fourth-order valence-corrected chi connectivity index (χ4v) is 4.65. The first kappa shape index (κ1) is 23.5. The molecule has 2 saturated carbocycles. The monoisotopic (exact) mass is 476 g/mol. The van der Waals surface area contributed by atoms with Gasteiger partial charge in [0.2, 0.25) is 0 Å². The van der Waals surface area contributed by atoms with Crippen molar-refractivity contribution in [3.63, 3.8) is 0 Å². The largest absolute Gasteiger partial charge is 0.493 e. The Bertz CT molecular complexity index is 1180. The van der Waals surface area contributed by atoms with Crippen molar-refractivity contribution in [1.29, 1.82) is 0 Å². The Labute approximate surface area is 207 Å². The van der Waals surface area contributed by atoms with Gasteiger partial charge >= 0.3 is 6.09 Å². The molecule has 0 spiro atoms. The Morgan fingerprint density at radius 2 is 1.89 bits per heavy atom. The molecule has 2 aromatic carbocycles. The van der Waals surface area contributed by atoms with Crippen LogP contribution in [0.15, 0.2) is 42.5 Å². The number of nitrogens with two attached hydrogens (primary N) is 1. The van der Waals surface area contributed by atoms with Crippen LogP contribution >= 0.6 is 0 Å². The zero-order valence-electron chi connectivity index (χ0n) is 20.7. The SMILES string of the molecule is CC(C)OC(=O)Nc1ccc(-c2c(N)c3ccc(OCCCNC4CC4)cc3n2C2CCC2)cc1. The molecular weight excluding hydrogens is 440 g/mol. The number of carbonyl (C=O) groups excluding carboxylic acids is 1. The third-order valence-corrected chi connectivity index (χ3v) is 6.80. The molecule has 2 aliphatic carbocycles. The number of nitrogen functional groups attached to an aromatic ring is 1. The van der Waals surface area contributed by atoms with E-state index in [0.717, 1.165) is 65.4 Å². The van der Waals surface area contributed by atoms with Gasteiger partial charge in [0.15, 0.2) is 0 Å². The van der Waals surface area contributed by atoms with Crippen LogP contribution in [0.5, 0.6) is 5.75 Å². The quantitative estimate of drug-likeness (QED) is 0.308. The van der Waals surface area contributed by atoms with E-state index >= 15 is 0 Å². The van der Waals surface area contributed by atoms with Crippen molar-refractivity contribution in [2.45, 2.75) is 70.6 Å². The highest BCUT2D eigenvalue weighted by atomic mass is 16.6. The smallest absolute Gasteiger partial charge is 0.411 e. The van der Waals surface area contributed by atoms with Gasteiger partial charge in [-0.25, -0.2) is 4.79 Å². The maximum absolute atomic E-state index is 11.9. The van der Waals surface area contributed by atoms with Gasteiger partial charge in [-0.05, 0) is 83.2 Å². The van der Waals surface area contributed by atoms with Gasteiger partial charge in [0.05, 0.1) is 29.6 Å². The van der Waals surface area contributed by atoms with Gasteiger partial charge < -0.3 is 25.1 Å². The Morgan fingerprint density at radius 3 is 2.54 bits per heavy atom. The lowest BCUT2D eigenvalue weighted by atomic mass is 9.92. The molecule has 0 radical (unpaired) electrons. The molecule has 2 fully saturated rings. The summed E-state index contributed by atoms with van der Waals surface area (Å²) in [6.07, 6.45) is 6.52. The number of amides is 1. The van der Waals surface area contributed by atoms with Crippen LogP contribution in [0.25, 0.3) is 22.2 Å². The summed E-state index contributed by atoms with van der Waals surface area (Å²) in [4.78, 5) is 11.9. The number of nitrogens with one attached hydrogen (secondary N) is 2. The van der Waals surface area contributed by atoms with E-state index in [1.54, 1.807) is 0 Å². The highest BCUT2D eigenvalue weighted by Gasteiger charge is 2.27. The Morgan fingerprint density at radius 1 is 1.11 bits per heavy atom. The summed E-state index contributed by atoms with van der Waals surface area (Å²) >= 11 is 0. The van der Waals surface area contributed by atoms with Crippen molar-refractivity contribution in [3.05, 3.63) is 42.5 Å². The van der Waals surface area contributed by atoms with Gasteiger partial charge in [0.1, 0.15) is 5.75 Å². The number of nitrogens with zero attached hydrogens (tertiary/aromatic N) is 1. The van der Waals surface area contributed by atoms with Crippen LogP contribution in [0.2, 0.25) is 0 Å². The third kappa shape index (κ3) is 5.40. The number of fused-ring (bicyclic) bond motifs is 1. The van der Waals surface area contributed by atoms with E-state index < -0.39 is 6.09 Å². The van der Waals surface area contributed by atoms with Crippen LogP contribution in [-0.2, 0) is 4.74 Å². The van der Waals surface area contributed by atoms with Crippen LogP contribution in [0.4, 0.5) is 16.2 Å². The predicted molar refractivity (Wildman–Crippen MR) is 141 cm³/mol. The number of rotatable bonds is 10. The summed E-state index contributed by atoms with van der Waals surface area (Å²) in [6, 6.07) is 15.2. The lowest BCUT2D eigenvalue weighted by molar-refractivity contribution is 0.130. The number of benzene rings is 2. The van der Waals surface area contributed by atoms with E-state index in [2.05, 4.69) is 27.3 Å². The number of anilines is 2. The van der Waals surface area contributed by atoms with E-state index in [1.165, 1.54) is 19.3 Å². The minimum absolute atomic E-state index is 0.166. The summed E-state index contributed by atoms with van der Waals surface area (Å²) < 4.78 is 13.7. The van der Waals surface area contributed by atoms with Crippen molar-refractivity contribution in [3.8, 4) is 17.0 Å². The summed E-state index contributed by atoms with van der Waals surface area (Å²) in [5.74, 6) is 0.886. The minimum atomic E-state index is -0.452. The molecule has 7 heteroatoms. The summed E-state index contributed by atoms with van der Waals surface area (Å²) in [5.41, 5.74) is 11.4. The molecule has 5 rings (SSSR count). The van der Waals surface area contributed by atoms with E-state index in [1.807, 2.05) is 44.2 Å². The highest BCUT2D eigenvalue weighted by Crippen LogP contribution is 2.45. The molecule has 0 aliphatic heterocycles. The molecule has 0 unspecified atom stereocenters. The van der Waals surface area contributed by atoms with Gasteiger partial charge in [-0.15, -0.1) is 0 Å². The van der Waals surface area contributed by atoms with Gasteiger partial charge in [0, 0.05) is 34.8 Å². The number of carbonyl (C=O) groups is 1. The highest BCUT2D eigenvalue weighted by molar-refractivity contribution is 6.01. The third-order valence-electron chi connectivity index (χ3n) is 6.80. The summed E-state index contributed by atoms with van der Waals surface area (Å²) in [6.45, 7) is 5.36. The fourth-order valence-electron chi connectivity index (χ4n) is 4.65. The summed E-state index contributed by atoms with van der Waals surface area (Å²) in [5, 5.41) is 7.36. The van der Waals surface area contributed by atoms with E-state index in [0.29, 0.717) is 18.3 Å². The maximum Gasteiger partial charge on any atom is 0.411 e. The normalized spacial score (nSPS) is 15.9. The molecule has 1 heterocycles. The molecule has 1 aromatic heterocycles. The standard InChI is InChI=1S/C28H36N4O3/c1-18(2)35-28(33)31-21-9-7-19(8-10-21)27-26(29)24-14-13-23(34-16-4-15-30-20-11-12-20)17-25(24)32(27)22-5-3-6-22/h7-10,13-14,17-18,20,22,30H,3-6,11-12,15-16,29H2,1-2H3,(H,31,33). The van der Waals surface area contributed by atoms with Crippen LogP contribution in [0, 0.1) is 0 Å². The van der Waals surface area contributed by atoms with Gasteiger partial charge in [0.25, 0.3) is 0 Å². The number of hydrogen-bond donors (Lipinski definition) is 3. The van der Waals surface area contributed by atoms with Gasteiger partial charge in [-0.1, -0.05) is 12.1 Å². The van der Waals surface area contributed by atoms with Crippen LogP contribution in [0.1, 0.15) is 58.4 Å². The second-order valence-electron chi connectivity index (χ2n) is 9.98. The first-order chi connectivity index (χ1) is 17.0. The zero-order valence-corrected chi connectivity index (χ0v) is 20.7. The number of ether oxygens (including phenoxy) is 2. The van der Waals surface area contributed by atoms with Crippen LogP contribution < -0.4 is 21.1 Å². The minimum Gasteiger partial charge on any atom is -0.493 e. The Balaban J connectivity index is 1.38. The number of hydrogen-bond acceptors (Lipinski definition) is 5. The van der Waals surface area contributed by atoms with Crippen molar-refractivity contribution in [2.75, 3.05) is 24.2 Å². The van der Waals surface area contributed by atoms with Crippen molar-refractivity contribution in [2.24, 2.45) is 0 Å². The molecule has 3 aromatic rings. The van der Waals surface area contributed by atoms with Crippen molar-refractivity contribution < 1.29 is 14.3 Å². The molecule has 4 N–H and O–H groups in total. The molecule has 0 saturated heterocycles. The molecular formula is C28H36N4O3. The van der Waals surface area contributed by atoms with Crippen molar-refractivity contribution >= 4 is 28.4 Å². The fraction of sp³-hybridized carbons (Fsp3) is 0.464. The second-order valence-corrected chi connectivity index (χ2v) is 9.98. The van der Waals surface area contributed by atoms with Gasteiger partial charge in [-0.3, -0.25) is 5.32 Å². The maximum atomic E-state index is 11.9. The lowest BCUT2D eigenvalue weighted by Gasteiger charge is -2.30. The molecule has 1 amide bonds. The van der Waals surface area contributed by atoms with Gasteiger partial charge in [-0.2, -0.15) is 0 Å². The Hall–Kier alpha value is -3.19. The van der Waals surface area contributed by atoms with Crippen LogP contribution in [0.3, 0.4) is 0 Å². The molecule has 35 heavy (non-hydrogen) atoms. The second kappa shape index (κ2) is 10.2. The first-order valence-electron chi connectivity index (χ1n) is 12.9. The topological polar surface area (TPSA) is 90.5 Å². The molecule has 0 bridgehead atoms. The number of aromatic nitrogens is 1. The van der Waals surface area contributed by atoms with Crippen LogP contribution in [-0.4, -0.2) is 36.0 Å². The Kier molecular flexibility index (Phi) is 6.86. The average Bonchev–Trinajstić information content (AvgIpc) is 3.57. The van der Waals surface area contributed by atoms with E-state index in [9.17, 15) is 4.79 Å². The average molecular weight is 477 g/mol. The zero-order chi connectivity index (χ0) is 24.4. The van der Waals surface area contributed by atoms with E-state index in [-0.39, 0.29) is 6.10 Å². The first-order valence-corrected chi connectivity index (χ1v) is 12.9. The lowest BCUT2D eigenvalue weighted by Crippen LogP contribution is -2.19. The molecule has 0 atom stereocenters. The van der Waals surface area contributed by atoms with E-state index in [4.69, 9.17) is 15.2 Å².